The average Bonchev–Trinajstić information content (AvgIpc) is 3.83. The van der Waals surface area contributed by atoms with Crippen LogP contribution in [0.25, 0.3) is 38.8 Å². The van der Waals surface area contributed by atoms with Gasteiger partial charge < -0.3 is 14.4 Å². The number of rotatable bonds is 5. The lowest BCUT2D eigenvalue weighted by Gasteiger charge is -2.43. The minimum atomic E-state index is -0.264. The first-order valence-corrected chi connectivity index (χ1v) is 26.6. The summed E-state index contributed by atoms with van der Waals surface area (Å²) in [6, 6.07) is 65.9. The van der Waals surface area contributed by atoms with Gasteiger partial charge in [-0.25, -0.2) is 0 Å². The Morgan fingerprint density at radius 2 is 0.973 bits per heavy atom. The molecule has 3 aliphatic rings. The molecule has 0 unspecified atom stereocenters. The summed E-state index contributed by atoms with van der Waals surface area (Å²) in [5, 5.41) is 1.33. The summed E-state index contributed by atoms with van der Waals surface area (Å²) in [6.07, 6.45) is 0. The lowest BCUT2D eigenvalue weighted by molar-refractivity contribution is 0.590. The highest BCUT2D eigenvalue weighted by Crippen LogP contribution is 2.56. The number of nitrogens with zero attached hydrogens (tertiary/aromatic N) is 3. The zero-order valence-corrected chi connectivity index (χ0v) is 45.6. The van der Waals surface area contributed by atoms with E-state index in [9.17, 15) is 0 Å². The Morgan fingerprint density at radius 1 is 0.425 bits per heavy atom. The monoisotopic (exact) mass is 952 g/mol. The Morgan fingerprint density at radius 3 is 1.59 bits per heavy atom. The lowest BCUT2D eigenvalue weighted by atomic mass is 9.33. The number of benzene rings is 8. The van der Waals surface area contributed by atoms with Crippen molar-refractivity contribution in [2.45, 2.75) is 124 Å². The second-order valence-corrected chi connectivity index (χ2v) is 25.9. The highest BCUT2D eigenvalue weighted by Gasteiger charge is 2.48. The van der Waals surface area contributed by atoms with Crippen LogP contribution in [0.5, 0.6) is 0 Å². The van der Waals surface area contributed by atoms with Crippen LogP contribution in [0.3, 0.4) is 0 Å². The van der Waals surface area contributed by atoms with Crippen molar-refractivity contribution in [3.05, 3.63) is 203 Å². The van der Waals surface area contributed by atoms with Gasteiger partial charge in [0, 0.05) is 61.6 Å². The molecular weight excluding hydrogens is 882 g/mol. The molecule has 1 aromatic heterocycles. The van der Waals surface area contributed by atoms with Crippen molar-refractivity contribution >= 4 is 68.1 Å². The summed E-state index contributed by atoms with van der Waals surface area (Å²) in [5.74, 6) is 0. The van der Waals surface area contributed by atoms with Crippen molar-refractivity contribution in [3.8, 4) is 27.9 Å². The third-order valence-electron chi connectivity index (χ3n) is 16.6. The molecule has 3 nitrogen and oxygen atoms in total. The van der Waals surface area contributed by atoms with E-state index in [0.717, 1.165) is 17.1 Å². The molecule has 1 aliphatic carbocycles. The summed E-state index contributed by atoms with van der Waals surface area (Å²) < 4.78 is 2.72. The van der Waals surface area contributed by atoms with Gasteiger partial charge in [0.25, 0.3) is 6.71 Å². The molecule has 0 amide bonds. The molecule has 3 heterocycles. The number of anilines is 6. The molecule has 0 saturated carbocycles. The predicted octanol–water partition coefficient (Wildman–Crippen LogP) is 16.9. The number of hydrogen-bond donors (Lipinski definition) is 0. The Labute approximate surface area is 435 Å². The number of aromatic nitrogens is 1. The lowest BCUT2D eigenvalue weighted by Crippen LogP contribution is -2.60. The zero-order valence-electron chi connectivity index (χ0n) is 45.6. The Kier molecular flexibility index (Phi) is 10.3. The molecule has 73 heavy (non-hydrogen) atoms. The highest BCUT2D eigenvalue weighted by atomic mass is 15.2. The number of fused-ring (bicyclic) bond motifs is 9. The van der Waals surface area contributed by atoms with Crippen LogP contribution in [0.2, 0.25) is 0 Å². The Balaban J connectivity index is 1.25. The third kappa shape index (κ3) is 7.29. The van der Waals surface area contributed by atoms with Gasteiger partial charge in [0.1, 0.15) is 0 Å². The van der Waals surface area contributed by atoms with E-state index in [2.05, 4.69) is 281 Å². The Hall–Kier alpha value is -7.04. The molecule has 0 atom stereocenters. The summed E-state index contributed by atoms with van der Waals surface area (Å²) in [7, 11) is 0. The van der Waals surface area contributed by atoms with Crippen molar-refractivity contribution in [1.82, 2.24) is 4.57 Å². The summed E-state index contributed by atoms with van der Waals surface area (Å²) in [4.78, 5) is 5.18. The maximum Gasteiger partial charge on any atom is 0.252 e. The molecule has 0 bridgehead atoms. The second-order valence-electron chi connectivity index (χ2n) is 25.9. The van der Waals surface area contributed by atoms with Gasteiger partial charge in [0.2, 0.25) is 0 Å². The molecule has 0 fully saturated rings. The van der Waals surface area contributed by atoms with Crippen molar-refractivity contribution in [3.63, 3.8) is 0 Å². The smallest absolute Gasteiger partial charge is 0.252 e. The van der Waals surface area contributed by atoms with E-state index in [4.69, 9.17) is 0 Å². The van der Waals surface area contributed by atoms with Gasteiger partial charge >= 0.3 is 0 Å². The topological polar surface area (TPSA) is 11.4 Å². The van der Waals surface area contributed by atoms with Gasteiger partial charge in [0.15, 0.2) is 0 Å². The van der Waals surface area contributed by atoms with Crippen LogP contribution in [0.15, 0.2) is 170 Å². The first-order chi connectivity index (χ1) is 34.5. The molecule has 9 aromatic rings. The standard InChI is InChI=1S/C69H70BN3/c1-65(2,3)44-27-33-48(34-28-44)71(49-35-29-45(30-36-49)66(4,5)6)50-41-59-62-60(42-50)73-63-52(61-51-23-18-19-25-54(51)69(13,14)64(61)73)24-20-26-56(63)70(62)55-37-31-47(68(10,11)12)40-58(55)72(59)57-38-32-46(67(7,8)9)39-53(57)43-21-16-15-17-22-43/h15-42H,1-14H3. The number of hydrogen-bond acceptors (Lipinski definition) is 2. The first kappa shape index (κ1) is 47.0. The van der Waals surface area contributed by atoms with Crippen LogP contribution in [-0.2, 0) is 27.1 Å². The van der Waals surface area contributed by atoms with E-state index in [1.165, 1.54) is 106 Å². The van der Waals surface area contributed by atoms with Gasteiger partial charge in [-0.05, 0) is 132 Å². The molecule has 4 heteroatoms. The van der Waals surface area contributed by atoms with Gasteiger partial charge in [-0.3, -0.25) is 0 Å². The molecule has 8 aromatic carbocycles. The van der Waals surface area contributed by atoms with Crippen molar-refractivity contribution in [1.29, 1.82) is 0 Å². The minimum Gasteiger partial charge on any atom is -0.313 e. The normalized spacial score (nSPS) is 14.5. The molecule has 364 valence electrons. The highest BCUT2D eigenvalue weighted by molar-refractivity contribution is 7.00. The molecule has 0 spiro atoms. The van der Waals surface area contributed by atoms with Crippen LogP contribution in [0.1, 0.15) is 130 Å². The average molecular weight is 952 g/mol. The molecule has 0 N–H and O–H groups in total. The van der Waals surface area contributed by atoms with E-state index in [0.29, 0.717) is 0 Å². The molecule has 12 rings (SSSR count). The largest absolute Gasteiger partial charge is 0.313 e. The first-order valence-electron chi connectivity index (χ1n) is 26.6. The van der Waals surface area contributed by atoms with Crippen molar-refractivity contribution in [2.24, 2.45) is 0 Å². The van der Waals surface area contributed by atoms with Crippen LogP contribution in [-0.4, -0.2) is 11.3 Å². The molecular formula is C69H70BN3. The molecule has 0 saturated heterocycles. The summed E-state index contributed by atoms with van der Waals surface area (Å²) in [5.41, 5.74) is 26.4. The minimum absolute atomic E-state index is 0.0106. The Bertz CT molecular complexity index is 3620. The van der Waals surface area contributed by atoms with Crippen LogP contribution < -0.4 is 26.2 Å². The van der Waals surface area contributed by atoms with Crippen LogP contribution in [0.4, 0.5) is 34.1 Å². The van der Waals surface area contributed by atoms with E-state index in [1.54, 1.807) is 0 Å². The van der Waals surface area contributed by atoms with Crippen LogP contribution >= 0.6 is 0 Å². The van der Waals surface area contributed by atoms with Gasteiger partial charge in [0.05, 0.1) is 11.4 Å². The maximum absolute atomic E-state index is 2.72. The summed E-state index contributed by atoms with van der Waals surface area (Å²) >= 11 is 0. The summed E-state index contributed by atoms with van der Waals surface area (Å²) in [6.45, 7) is 32.7. The van der Waals surface area contributed by atoms with E-state index >= 15 is 0 Å². The number of para-hydroxylation sites is 1. The van der Waals surface area contributed by atoms with E-state index in [1.807, 2.05) is 0 Å². The maximum atomic E-state index is 2.72. The molecule has 0 radical (unpaired) electrons. The third-order valence-corrected chi connectivity index (χ3v) is 16.6. The zero-order chi connectivity index (χ0) is 51.3. The SMILES string of the molecule is CC(C)(C)c1ccc(N(c2ccc(C(C)(C)C)cc2)c2cc3c4c(c2)-n2c5c(c6cccc(c62)B4c2ccc(C(C)(C)C)cc2N3c2ccc(C(C)(C)C)cc2-c2ccccc2)-c2ccccc2C5(C)C)cc1. The van der Waals surface area contributed by atoms with Crippen molar-refractivity contribution < 1.29 is 0 Å². The van der Waals surface area contributed by atoms with Crippen LogP contribution in [0, 0.1) is 0 Å². The van der Waals surface area contributed by atoms with E-state index < -0.39 is 0 Å². The van der Waals surface area contributed by atoms with Crippen molar-refractivity contribution in [2.75, 3.05) is 9.80 Å². The fourth-order valence-corrected chi connectivity index (χ4v) is 12.5. The quantitative estimate of drug-likeness (QED) is 0.159. The van der Waals surface area contributed by atoms with E-state index in [-0.39, 0.29) is 33.8 Å². The molecule has 2 aliphatic heterocycles. The fraction of sp³-hybridized carbons (Fsp3) is 0.275. The van der Waals surface area contributed by atoms with Gasteiger partial charge in [-0.15, -0.1) is 0 Å². The van der Waals surface area contributed by atoms with Gasteiger partial charge in [-0.1, -0.05) is 212 Å². The second kappa shape index (κ2) is 16.0. The fourth-order valence-electron chi connectivity index (χ4n) is 12.5. The predicted molar refractivity (Wildman–Crippen MR) is 315 cm³/mol. The van der Waals surface area contributed by atoms with Gasteiger partial charge in [-0.2, -0.15) is 0 Å².